The summed E-state index contributed by atoms with van der Waals surface area (Å²) in [5.74, 6) is 0.0496. The Morgan fingerprint density at radius 1 is 1.35 bits per heavy atom. The molecule has 1 aromatic rings. The summed E-state index contributed by atoms with van der Waals surface area (Å²) in [5.41, 5.74) is 2.43. The summed E-state index contributed by atoms with van der Waals surface area (Å²) in [5, 5.41) is 6.43. The number of nitrogens with one attached hydrogen (secondary N) is 2. The lowest BCUT2D eigenvalue weighted by atomic mass is 9.87. The normalized spacial score (nSPS) is 20.9. The first-order valence-corrected chi connectivity index (χ1v) is 7.64. The lowest BCUT2D eigenvalue weighted by molar-refractivity contribution is -0.115. The lowest BCUT2D eigenvalue weighted by Crippen LogP contribution is -2.41. The number of aryl methyl sites for hydroxylation is 1. The van der Waals surface area contributed by atoms with Gasteiger partial charge < -0.3 is 10.6 Å². The van der Waals surface area contributed by atoms with Crippen LogP contribution in [0.4, 0.5) is 5.69 Å². The maximum atomic E-state index is 12.1. The fourth-order valence-corrected chi connectivity index (χ4v) is 3.07. The minimum atomic E-state index is 0.0496. The predicted molar refractivity (Wildman–Crippen MR) is 83.9 cm³/mol. The quantitative estimate of drug-likeness (QED) is 0.864. The summed E-state index contributed by atoms with van der Waals surface area (Å²) in [4.78, 5) is 12.1. The Hall–Kier alpha value is -1.35. The molecule has 0 saturated heterocycles. The van der Waals surface area contributed by atoms with Gasteiger partial charge >= 0.3 is 0 Å². The second-order valence-electron chi connectivity index (χ2n) is 6.37. The zero-order valence-electron chi connectivity index (χ0n) is 12.8. The van der Waals surface area contributed by atoms with Crippen LogP contribution in [0.5, 0.6) is 0 Å². The highest BCUT2D eigenvalue weighted by atomic mass is 16.1. The first-order valence-electron chi connectivity index (χ1n) is 7.64. The van der Waals surface area contributed by atoms with Crippen LogP contribution in [-0.2, 0) is 11.2 Å². The maximum absolute atomic E-state index is 12.1. The highest BCUT2D eigenvalue weighted by Crippen LogP contribution is 2.36. The molecular weight excluding hydrogens is 248 g/mol. The highest BCUT2D eigenvalue weighted by molar-refractivity contribution is 5.93. The molecule has 0 aromatic heterocycles. The van der Waals surface area contributed by atoms with Crippen molar-refractivity contribution in [2.45, 2.75) is 52.5 Å². The van der Waals surface area contributed by atoms with Crippen molar-refractivity contribution >= 4 is 11.6 Å². The molecule has 110 valence electrons. The molecule has 1 atom stereocenters. The number of hydrogen-bond donors (Lipinski definition) is 2. The fraction of sp³-hybridized carbons (Fsp3) is 0.588. The van der Waals surface area contributed by atoms with Gasteiger partial charge in [0.05, 0.1) is 6.54 Å². The van der Waals surface area contributed by atoms with E-state index in [1.807, 2.05) is 18.2 Å². The lowest BCUT2D eigenvalue weighted by Gasteiger charge is -2.27. The summed E-state index contributed by atoms with van der Waals surface area (Å²) in [6.45, 7) is 7.06. The van der Waals surface area contributed by atoms with Gasteiger partial charge in [0.1, 0.15) is 0 Å². The Labute approximate surface area is 122 Å². The van der Waals surface area contributed by atoms with Gasteiger partial charge in [-0.1, -0.05) is 45.4 Å². The molecule has 1 saturated carbocycles. The molecule has 0 aliphatic heterocycles. The van der Waals surface area contributed by atoms with Crippen molar-refractivity contribution in [2.24, 2.45) is 5.41 Å². The van der Waals surface area contributed by atoms with Gasteiger partial charge in [-0.05, 0) is 36.3 Å². The van der Waals surface area contributed by atoms with Gasteiger partial charge in [0, 0.05) is 11.7 Å². The van der Waals surface area contributed by atoms with Crippen LogP contribution in [0, 0.1) is 5.41 Å². The van der Waals surface area contributed by atoms with Crippen LogP contribution < -0.4 is 10.6 Å². The molecule has 1 aromatic carbocycles. The molecule has 1 aliphatic rings. The van der Waals surface area contributed by atoms with Crippen LogP contribution in [0.2, 0.25) is 0 Å². The van der Waals surface area contributed by atoms with E-state index in [1.54, 1.807) is 0 Å². The smallest absolute Gasteiger partial charge is 0.238 e. The number of rotatable bonds is 5. The van der Waals surface area contributed by atoms with E-state index in [2.05, 4.69) is 37.5 Å². The van der Waals surface area contributed by atoms with Crippen molar-refractivity contribution in [1.29, 1.82) is 0 Å². The number of amides is 1. The molecule has 2 rings (SSSR count). The Morgan fingerprint density at radius 2 is 2.10 bits per heavy atom. The number of carbonyl (C=O) groups excluding carboxylic acids is 1. The number of carbonyl (C=O) groups is 1. The van der Waals surface area contributed by atoms with Crippen LogP contribution in [0.3, 0.4) is 0 Å². The van der Waals surface area contributed by atoms with E-state index in [1.165, 1.54) is 24.8 Å². The first-order chi connectivity index (χ1) is 9.53. The molecule has 20 heavy (non-hydrogen) atoms. The Morgan fingerprint density at radius 3 is 2.75 bits per heavy atom. The zero-order chi connectivity index (χ0) is 14.6. The molecule has 2 N–H and O–H groups in total. The van der Waals surface area contributed by atoms with Crippen LogP contribution in [-0.4, -0.2) is 18.5 Å². The van der Waals surface area contributed by atoms with Crippen molar-refractivity contribution in [3.63, 3.8) is 0 Å². The number of para-hydroxylation sites is 1. The molecule has 0 unspecified atom stereocenters. The van der Waals surface area contributed by atoms with Gasteiger partial charge in [-0.25, -0.2) is 0 Å². The molecule has 1 fully saturated rings. The van der Waals surface area contributed by atoms with E-state index in [-0.39, 0.29) is 5.91 Å². The largest absolute Gasteiger partial charge is 0.325 e. The maximum Gasteiger partial charge on any atom is 0.238 e. The van der Waals surface area contributed by atoms with E-state index in [9.17, 15) is 4.79 Å². The van der Waals surface area contributed by atoms with Gasteiger partial charge in [0.15, 0.2) is 0 Å². The van der Waals surface area contributed by atoms with E-state index in [4.69, 9.17) is 0 Å². The number of benzene rings is 1. The summed E-state index contributed by atoms with van der Waals surface area (Å²) >= 11 is 0. The van der Waals surface area contributed by atoms with E-state index in [0.717, 1.165) is 12.1 Å². The van der Waals surface area contributed by atoms with Gasteiger partial charge in [-0.3, -0.25) is 4.79 Å². The standard InChI is InChI=1S/C17H26N2O/c1-4-13-8-5-6-9-14(13)19-16(20)12-18-15-10-7-11-17(15,2)3/h5-6,8-9,15,18H,4,7,10-12H2,1-3H3,(H,19,20)/t15-/m0/s1. The van der Waals surface area contributed by atoms with Gasteiger partial charge in [-0.15, -0.1) is 0 Å². The fourth-order valence-electron chi connectivity index (χ4n) is 3.07. The third kappa shape index (κ3) is 3.60. The monoisotopic (exact) mass is 274 g/mol. The van der Waals surface area contributed by atoms with Gasteiger partial charge in [-0.2, -0.15) is 0 Å². The second-order valence-corrected chi connectivity index (χ2v) is 6.37. The average Bonchev–Trinajstić information content (AvgIpc) is 2.76. The molecule has 0 spiro atoms. The summed E-state index contributed by atoms with van der Waals surface area (Å²) in [6.07, 6.45) is 4.60. The Kier molecular flexibility index (Phi) is 4.81. The van der Waals surface area contributed by atoms with Gasteiger partial charge in [0.2, 0.25) is 5.91 Å². The minimum absolute atomic E-state index is 0.0496. The zero-order valence-corrected chi connectivity index (χ0v) is 12.8. The van der Waals surface area contributed by atoms with Crippen LogP contribution in [0.1, 0.15) is 45.6 Å². The van der Waals surface area contributed by atoms with Crippen molar-refractivity contribution in [1.82, 2.24) is 5.32 Å². The third-order valence-electron chi connectivity index (χ3n) is 4.44. The summed E-state index contributed by atoms with van der Waals surface area (Å²) < 4.78 is 0. The number of hydrogen-bond acceptors (Lipinski definition) is 2. The summed E-state index contributed by atoms with van der Waals surface area (Å²) in [6, 6.07) is 8.45. The summed E-state index contributed by atoms with van der Waals surface area (Å²) in [7, 11) is 0. The molecule has 0 heterocycles. The average molecular weight is 274 g/mol. The molecule has 0 bridgehead atoms. The van der Waals surface area contributed by atoms with E-state index < -0.39 is 0 Å². The molecule has 1 aliphatic carbocycles. The Balaban J connectivity index is 1.87. The first kappa shape index (κ1) is 15.0. The highest BCUT2D eigenvalue weighted by Gasteiger charge is 2.34. The third-order valence-corrected chi connectivity index (χ3v) is 4.44. The second kappa shape index (κ2) is 6.40. The van der Waals surface area contributed by atoms with Crippen molar-refractivity contribution < 1.29 is 4.79 Å². The SMILES string of the molecule is CCc1ccccc1NC(=O)CN[C@H]1CCCC1(C)C. The molecular formula is C17H26N2O. The van der Waals surface area contributed by atoms with Crippen LogP contribution in [0.25, 0.3) is 0 Å². The van der Waals surface area contributed by atoms with Crippen LogP contribution in [0.15, 0.2) is 24.3 Å². The predicted octanol–water partition coefficient (Wildman–Crippen LogP) is 3.36. The minimum Gasteiger partial charge on any atom is -0.325 e. The van der Waals surface area contributed by atoms with Crippen molar-refractivity contribution in [3.05, 3.63) is 29.8 Å². The molecule has 1 amide bonds. The molecule has 3 nitrogen and oxygen atoms in total. The van der Waals surface area contributed by atoms with E-state index in [0.29, 0.717) is 18.0 Å². The molecule has 3 heteroatoms. The number of anilines is 1. The van der Waals surface area contributed by atoms with E-state index >= 15 is 0 Å². The van der Waals surface area contributed by atoms with Crippen molar-refractivity contribution in [2.75, 3.05) is 11.9 Å². The molecule has 0 radical (unpaired) electrons. The van der Waals surface area contributed by atoms with Crippen molar-refractivity contribution in [3.8, 4) is 0 Å². The van der Waals surface area contributed by atoms with Crippen LogP contribution >= 0.6 is 0 Å². The topological polar surface area (TPSA) is 41.1 Å². The van der Waals surface area contributed by atoms with Gasteiger partial charge in [0.25, 0.3) is 0 Å². The Bertz CT molecular complexity index is 468.